The van der Waals surface area contributed by atoms with Crippen LogP contribution in [-0.4, -0.2) is 30.6 Å². The molecule has 1 saturated heterocycles. The van der Waals surface area contributed by atoms with Crippen LogP contribution in [0.3, 0.4) is 0 Å². The van der Waals surface area contributed by atoms with E-state index >= 15 is 0 Å². The number of ether oxygens (including phenoxy) is 1. The zero-order chi connectivity index (χ0) is 16.8. The third-order valence-corrected chi connectivity index (χ3v) is 4.02. The minimum atomic E-state index is -0.510. The minimum absolute atomic E-state index is 0.0734. The van der Waals surface area contributed by atoms with Crippen LogP contribution in [0.5, 0.6) is 0 Å². The van der Waals surface area contributed by atoms with Gasteiger partial charge in [-0.1, -0.05) is 39.0 Å². The average molecular weight is 318 g/mol. The lowest BCUT2D eigenvalue weighted by Crippen LogP contribution is -2.23. The monoisotopic (exact) mass is 318 g/mol. The minimum Gasteiger partial charge on any atom is -0.462 e. The van der Waals surface area contributed by atoms with E-state index in [9.17, 15) is 4.79 Å². The number of hydrogen-bond acceptors (Lipinski definition) is 4. The number of likely N-dealkylation sites (tertiary alicyclic amines) is 1. The molecule has 0 amide bonds. The van der Waals surface area contributed by atoms with Gasteiger partial charge in [-0.3, -0.25) is 0 Å². The lowest BCUT2D eigenvalue weighted by Gasteiger charge is -2.24. The van der Waals surface area contributed by atoms with Crippen molar-refractivity contribution in [2.45, 2.75) is 64.7 Å². The van der Waals surface area contributed by atoms with Gasteiger partial charge in [-0.2, -0.15) is 5.26 Å². The smallest absolute Gasteiger partial charge is 0.348 e. The standard InChI is InChI=1S/C19H30N2O2/c1-2-3-4-5-6-10-16-23-19(22)18(17-20)12-11-15-21-13-8-7-9-14-21/h11-12,15H,2-10,13-14,16H2,1H3. The lowest BCUT2D eigenvalue weighted by atomic mass is 10.1. The van der Waals surface area contributed by atoms with Gasteiger partial charge in [0, 0.05) is 13.1 Å². The first-order valence-electron chi connectivity index (χ1n) is 8.97. The molecule has 0 aromatic heterocycles. The van der Waals surface area contributed by atoms with Crippen molar-refractivity contribution in [1.82, 2.24) is 4.90 Å². The number of nitrogens with zero attached hydrogens (tertiary/aromatic N) is 2. The van der Waals surface area contributed by atoms with Gasteiger partial charge in [0.15, 0.2) is 0 Å². The molecular weight excluding hydrogens is 288 g/mol. The maximum absolute atomic E-state index is 11.8. The van der Waals surface area contributed by atoms with Gasteiger partial charge in [0.1, 0.15) is 11.6 Å². The second-order valence-electron chi connectivity index (χ2n) is 6.03. The fraction of sp³-hybridized carbons (Fsp3) is 0.684. The third kappa shape index (κ3) is 9.07. The van der Waals surface area contributed by atoms with Crippen LogP contribution >= 0.6 is 0 Å². The predicted molar refractivity (Wildman–Crippen MR) is 92.6 cm³/mol. The maximum atomic E-state index is 11.8. The van der Waals surface area contributed by atoms with Crippen LogP contribution < -0.4 is 0 Å². The summed E-state index contributed by atoms with van der Waals surface area (Å²) in [6.07, 6.45) is 15.9. The molecule has 0 aromatic rings. The van der Waals surface area contributed by atoms with Gasteiger partial charge >= 0.3 is 5.97 Å². The molecule has 0 aromatic carbocycles. The molecule has 23 heavy (non-hydrogen) atoms. The fourth-order valence-electron chi connectivity index (χ4n) is 2.60. The van der Waals surface area contributed by atoms with Crippen LogP contribution in [0.2, 0.25) is 0 Å². The van der Waals surface area contributed by atoms with Crippen LogP contribution in [-0.2, 0) is 9.53 Å². The molecule has 128 valence electrons. The molecule has 1 heterocycles. The number of unbranched alkanes of at least 4 members (excludes halogenated alkanes) is 5. The van der Waals surface area contributed by atoms with Gasteiger partial charge in [0.05, 0.1) is 6.61 Å². The highest BCUT2D eigenvalue weighted by Crippen LogP contribution is 2.09. The van der Waals surface area contributed by atoms with E-state index in [1.807, 2.05) is 12.3 Å². The summed E-state index contributed by atoms with van der Waals surface area (Å²) < 4.78 is 5.17. The Morgan fingerprint density at radius 1 is 1.13 bits per heavy atom. The van der Waals surface area contributed by atoms with E-state index in [2.05, 4.69) is 11.8 Å². The van der Waals surface area contributed by atoms with Crippen molar-refractivity contribution in [2.75, 3.05) is 19.7 Å². The summed E-state index contributed by atoms with van der Waals surface area (Å²) in [5.74, 6) is -0.510. The number of carbonyl (C=O) groups excluding carboxylic acids is 1. The Morgan fingerprint density at radius 3 is 2.52 bits per heavy atom. The number of esters is 1. The van der Waals surface area contributed by atoms with Gasteiger partial charge in [0.2, 0.25) is 0 Å². The van der Waals surface area contributed by atoms with Crippen LogP contribution in [0.15, 0.2) is 23.9 Å². The van der Waals surface area contributed by atoms with Crippen molar-refractivity contribution >= 4 is 5.97 Å². The molecule has 0 unspecified atom stereocenters. The Balaban J connectivity index is 2.24. The number of hydrogen-bond donors (Lipinski definition) is 0. The van der Waals surface area contributed by atoms with Crippen molar-refractivity contribution in [3.05, 3.63) is 23.9 Å². The number of rotatable bonds is 10. The molecule has 4 heteroatoms. The topological polar surface area (TPSA) is 53.3 Å². The Kier molecular flexibility index (Phi) is 10.7. The Bertz CT molecular complexity index is 429. The van der Waals surface area contributed by atoms with E-state index in [1.165, 1.54) is 44.9 Å². The molecule has 0 radical (unpaired) electrons. The van der Waals surface area contributed by atoms with Crippen molar-refractivity contribution in [2.24, 2.45) is 0 Å². The summed E-state index contributed by atoms with van der Waals surface area (Å²) in [4.78, 5) is 14.0. The zero-order valence-electron chi connectivity index (χ0n) is 14.4. The molecule has 0 bridgehead atoms. The quantitative estimate of drug-likeness (QED) is 0.198. The highest BCUT2D eigenvalue weighted by atomic mass is 16.5. The van der Waals surface area contributed by atoms with Crippen molar-refractivity contribution in [3.63, 3.8) is 0 Å². The molecular formula is C19H30N2O2. The van der Waals surface area contributed by atoms with E-state index in [0.29, 0.717) is 6.61 Å². The van der Waals surface area contributed by atoms with Gasteiger partial charge in [-0.15, -0.1) is 0 Å². The van der Waals surface area contributed by atoms with Gasteiger partial charge in [0.25, 0.3) is 0 Å². The first-order valence-corrected chi connectivity index (χ1v) is 8.97. The predicted octanol–water partition coefficient (Wildman–Crippen LogP) is 4.34. The number of carbonyl (C=O) groups is 1. The van der Waals surface area contributed by atoms with E-state index in [1.54, 1.807) is 12.2 Å². The summed E-state index contributed by atoms with van der Waals surface area (Å²) in [7, 11) is 0. The van der Waals surface area contributed by atoms with Crippen LogP contribution in [0.25, 0.3) is 0 Å². The van der Waals surface area contributed by atoms with Crippen LogP contribution in [0, 0.1) is 11.3 Å². The number of piperidine rings is 1. The number of nitriles is 1. The first-order chi connectivity index (χ1) is 11.3. The van der Waals surface area contributed by atoms with E-state index < -0.39 is 5.97 Å². The Labute approximate surface area is 140 Å². The normalized spacial score (nSPS) is 15.7. The van der Waals surface area contributed by atoms with Crippen LogP contribution in [0.4, 0.5) is 0 Å². The number of allylic oxidation sites excluding steroid dienone is 2. The summed E-state index contributed by atoms with van der Waals surface area (Å²) in [5, 5.41) is 9.07. The SMILES string of the molecule is CCCCCCCCOC(=O)C(C#N)=CC=CN1CCCCC1. The van der Waals surface area contributed by atoms with Crippen molar-refractivity contribution in [1.29, 1.82) is 5.26 Å². The molecule has 0 N–H and O–H groups in total. The van der Waals surface area contributed by atoms with Crippen molar-refractivity contribution in [3.8, 4) is 6.07 Å². The second-order valence-corrected chi connectivity index (χ2v) is 6.03. The molecule has 1 aliphatic rings. The summed E-state index contributed by atoms with van der Waals surface area (Å²) in [6.45, 7) is 4.69. The fourth-order valence-corrected chi connectivity index (χ4v) is 2.60. The first kappa shape index (κ1) is 19.3. The van der Waals surface area contributed by atoms with Gasteiger partial charge < -0.3 is 9.64 Å². The molecule has 0 atom stereocenters. The van der Waals surface area contributed by atoms with Gasteiger partial charge in [-0.05, 0) is 44.0 Å². The molecule has 0 aliphatic carbocycles. The molecule has 0 saturated carbocycles. The highest BCUT2D eigenvalue weighted by molar-refractivity contribution is 5.93. The highest BCUT2D eigenvalue weighted by Gasteiger charge is 2.09. The molecule has 0 spiro atoms. The molecule has 1 fully saturated rings. The van der Waals surface area contributed by atoms with Crippen LogP contribution in [0.1, 0.15) is 64.7 Å². The molecule has 1 aliphatic heterocycles. The van der Waals surface area contributed by atoms with E-state index in [0.717, 1.165) is 25.9 Å². The largest absolute Gasteiger partial charge is 0.462 e. The zero-order valence-corrected chi connectivity index (χ0v) is 14.4. The lowest BCUT2D eigenvalue weighted by molar-refractivity contribution is -0.138. The van der Waals surface area contributed by atoms with Crippen molar-refractivity contribution < 1.29 is 9.53 Å². The second kappa shape index (κ2) is 12.8. The Hall–Kier alpha value is -1.76. The van der Waals surface area contributed by atoms with E-state index in [4.69, 9.17) is 10.00 Å². The third-order valence-electron chi connectivity index (χ3n) is 4.02. The maximum Gasteiger partial charge on any atom is 0.348 e. The van der Waals surface area contributed by atoms with Gasteiger partial charge in [-0.25, -0.2) is 4.79 Å². The van der Waals surface area contributed by atoms with E-state index in [-0.39, 0.29) is 5.57 Å². The summed E-state index contributed by atoms with van der Waals surface area (Å²) >= 11 is 0. The average Bonchev–Trinajstić information content (AvgIpc) is 2.58. The Morgan fingerprint density at radius 2 is 1.83 bits per heavy atom. The molecule has 1 rings (SSSR count). The molecule has 4 nitrogen and oxygen atoms in total. The summed E-state index contributed by atoms with van der Waals surface area (Å²) in [6, 6.07) is 1.93. The summed E-state index contributed by atoms with van der Waals surface area (Å²) in [5.41, 5.74) is 0.0734.